The van der Waals surface area contributed by atoms with E-state index in [1.165, 1.54) is 12.1 Å². The van der Waals surface area contributed by atoms with E-state index in [-0.39, 0.29) is 10.8 Å². The van der Waals surface area contributed by atoms with Crippen LogP contribution in [0.5, 0.6) is 0 Å². The predicted molar refractivity (Wildman–Crippen MR) is 68.0 cm³/mol. The molecule has 0 saturated carbocycles. The highest BCUT2D eigenvalue weighted by atomic mass is 32.2. The summed E-state index contributed by atoms with van der Waals surface area (Å²) < 4.78 is 21.3. The quantitative estimate of drug-likeness (QED) is 0.860. The molecule has 2 aromatic rings. The first-order chi connectivity index (χ1) is 8.66. The van der Waals surface area contributed by atoms with Gasteiger partial charge in [0.25, 0.3) is 5.91 Å². The average Bonchev–Trinajstić information content (AvgIpc) is 2.40. The minimum Gasteiger partial charge on any atom is -0.768 e. The van der Waals surface area contributed by atoms with Crippen molar-refractivity contribution in [2.24, 2.45) is 0 Å². The number of amides is 1. The zero-order valence-corrected chi connectivity index (χ0v) is 10.1. The van der Waals surface area contributed by atoms with Crippen LogP contribution in [0.1, 0.15) is 10.4 Å². The molecule has 0 aliphatic carbocycles. The van der Waals surface area contributed by atoms with Crippen molar-refractivity contribution < 1.29 is 13.6 Å². The summed E-state index contributed by atoms with van der Waals surface area (Å²) in [5.41, 5.74) is 1.10. The smallest absolute Gasteiger partial charge is 0.255 e. The highest BCUT2D eigenvalue weighted by molar-refractivity contribution is 7.79. The fourth-order valence-electron chi connectivity index (χ4n) is 1.44. The van der Waals surface area contributed by atoms with Crippen LogP contribution in [0.25, 0.3) is 0 Å². The molecule has 1 amide bonds. The van der Waals surface area contributed by atoms with Crippen molar-refractivity contribution in [2.75, 3.05) is 5.32 Å². The zero-order valence-electron chi connectivity index (χ0n) is 9.33. The number of anilines is 1. The van der Waals surface area contributed by atoms with Gasteiger partial charge in [0.1, 0.15) is 0 Å². The zero-order chi connectivity index (χ0) is 13.0. The highest BCUT2D eigenvalue weighted by Gasteiger charge is 2.04. The molecule has 92 valence electrons. The summed E-state index contributed by atoms with van der Waals surface area (Å²) in [6.07, 6.45) is 0. The minimum atomic E-state index is -2.25. The number of nitrogens with one attached hydrogen (secondary N) is 1. The van der Waals surface area contributed by atoms with E-state index in [0.717, 1.165) is 0 Å². The van der Waals surface area contributed by atoms with E-state index in [9.17, 15) is 13.6 Å². The summed E-state index contributed by atoms with van der Waals surface area (Å²) in [5.74, 6) is -0.230. The molecule has 4 nitrogen and oxygen atoms in total. The Kier molecular flexibility index (Phi) is 3.86. The molecule has 0 radical (unpaired) electrons. The third kappa shape index (κ3) is 3.03. The summed E-state index contributed by atoms with van der Waals surface area (Å²) >= 11 is -2.25. The number of hydrogen-bond donors (Lipinski definition) is 1. The van der Waals surface area contributed by atoms with Crippen LogP contribution in [0, 0.1) is 0 Å². The summed E-state index contributed by atoms with van der Waals surface area (Å²) in [7, 11) is 0. The molecule has 0 heterocycles. The molecule has 0 aromatic heterocycles. The average molecular weight is 260 g/mol. The van der Waals surface area contributed by atoms with Crippen molar-refractivity contribution in [3.8, 4) is 0 Å². The lowest BCUT2D eigenvalue weighted by atomic mass is 10.2. The first-order valence-corrected chi connectivity index (χ1v) is 6.30. The van der Waals surface area contributed by atoms with Gasteiger partial charge in [-0.05, 0) is 47.5 Å². The Bertz CT molecular complexity index is 567. The Morgan fingerprint density at radius 3 is 2.17 bits per heavy atom. The van der Waals surface area contributed by atoms with Gasteiger partial charge in [0.05, 0.1) is 0 Å². The Labute approximate surface area is 107 Å². The van der Waals surface area contributed by atoms with Crippen LogP contribution < -0.4 is 5.32 Å². The van der Waals surface area contributed by atoms with Crippen LogP contribution >= 0.6 is 0 Å². The lowest BCUT2D eigenvalue weighted by Crippen LogP contribution is -2.11. The predicted octanol–water partition coefficient (Wildman–Crippen LogP) is 2.18. The van der Waals surface area contributed by atoms with Crippen LogP contribution in [-0.2, 0) is 11.1 Å². The number of benzene rings is 2. The van der Waals surface area contributed by atoms with Gasteiger partial charge in [-0.1, -0.05) is 18.2 Å². The van der Waals surface area contributed by atoms with Gasteiger partial charge in [0, 0.05) is 16.1 Å². The van der Waals surface area contributed by atoms with E-state index in [1.807, 2.05) is 6.07 Å². The van der Waals surface area contributed by atoms with E-state index in [1.54, 1.807) is 36.4 Å². The Balaban J connectivity index is 2.10. The maximum atomic E-state index is 11.8. The molecule has 1 N–H and O–H groups in total. The number of hydrogen-bond acceptors (Lipinski definition) is 3. The van der Waals surface area contributed by atoms with E-state index in [2.05, 4.69) is 5.32 Å². The maximum Gasteiger partial charge on any atom is 0.255 e. The third-order valence-corrected chi connectivity index (χ3v) is 3.00. The molecule has 5 heteroatoms. The molecule has 1 unspecified atom stereocenters. The molecule has 0 fully saturated rings. The van der Waals surface area contributed by atoms with Gasteiger partial charge in [-0.3, -0.25) is 9.00 Å². The van der Waals surface area contributed by atoms with Crippen LogP contribution in [0.2, 0.25) is 0 Å². The summed E-state index contributed by atoms with van der Waals surface area (Å²) in [6, 6.07) is 14.8. The van der Waals surface area contributed by atoms with Gasteiger partial charge >= 0.3 is 0 Å². The largest absolute Gasteiger partial charge is 0.768 e. The Hall–Kier alpha value is -1.98. The van der Waals surface area contributed by atoms with Gasteiger partial charge in [0.2, 0.25) is 0 Å². The van der Waals surface area contributed by atoms with Crippen LogP contribution in [-0.4, -0.2) is 14.7 Å². The fraction of sp³-hybridized carbons (Fsp3) is 0. The van der Waals surface area contributed by atoms with Crippen molar-refractivity contribution in [1.29, 1.82) is 0 Å². The van der Waals surface area contributed by atoms with Crippen molar-refractivity contribution >= 4 is 22.7 Å². The standard InChI is InChI=1S/C13H11NO3S/c15-13(10-4-2-1-3-5-10)14-11-6-8-12(9-7-11)18(16)17/h1-9H,(H,14,15)(H,16,17)/p-1. The second-order valence-electron chi connectivity index (χ2n) is 3.58. The van der Waals surface area contributed by atoms with E-state index < -0.39 is 11.1 Å². The summed E-state index contributed by atoms with van der Waals surface area (Å²) in [5, 5.41) is 2.68. The van der Waals surface area contributed by atoms with E-state index >= 15 is 0 Å². The van der Waals surface area contributed by atoms with Crippen molar-refractivity contribution in [1.82, 2.24) is 0 Å². The van der Waals surface area contributed by atoms with Crippen LogP contribution in [0.4, 0.5) is 5.69 Å². The lowest BCUT2D eigenvalue weighted by Gasteiger charge is -2.08. The first kappa shape index (κ1) is 12.5. The molecule has 18 heavy (non-hydrogen) atoms. The van der Waals surface area contributed by atoms with E-state index in [0.29, 0.717) is 11.3 Å². The molecular weight excluding hydrogens is 250 g/mol. The molecule has 0 aliphatic heterocycles. The second-order valence-corrected chi connectivity index (χ2v) is 4.52. The Morgan fingerprint density at radius 2 is 1.61 bits per heavy atom. The highest BCUT2D eigenvalue weighted by Crippen LogP contribution is 2.13. The molecule has 0 saturated heterocycles. The second kappa shape index (κ2) is 5.57. The van der Waals surface area contributed by atoms with Gasteiger partial charge in [-0.25, -0.2) is 0 Å². The Morgan fingerprint density at radius 1 is 1.00 bits per heavy atom. The van der Waals surface area contributed by atoms with Crippen LogP contribution in [0.15, 0.2) is 59.5 Å². The molecule has 0 bridgehead atoms. The number of rotatable bonds is 3. The van der Waals surface area contributed by atoms with Crippen LogP contribution in [0.3, 0.4) is 0 Å². The molecule has 0 spiro atoms. The number of carbonyl (C=O) groups excluding carboxylic acids is 1. The maximum absolute atomic E-state index is 11.8. The van der Waals surface area contributed by atoms with Gasteiger partial charge < -0.3 is 9.87 Å². The van der Waals surface area contributed by atoms with Gasteiger partial charge in [-0.2, -0.15) is 0 Å². The molecule has 0 aliphatic rings. The number of carbonyl (C=O) groups is 1. The van der Waals surface area contributed by atoms with Gasteiger partial charge in [-0.15, -0.1) is 0 Å². The van der Waals surface area contributed by atoms with Gasteiger partial charge in [0.15, 0.2) is 0 Å². The molecule has 2 rings (SSSR count). The monoisotopic (exact) mass is 260 g/mol. The van der Waals surface area contributed by atoms with Crippen molar-refractivity contribution in [3.05, 3.63) is 60.2 Å². The fourth-order valence-corrected chi connectivity index (χ4v) is 1.80. The topological polar surface area (TPSA) is 69.2 Å². The lowest BCUT2D eigenvalue weighted by molar-refractivity contribution is 0.102. The summed E-state index contributed by atoms with van der Waals surface area (Å²) in [6.45, 7) is 0. The molecule has 2 aromatic carbocycles. The SMILES string of the molecule is O=C(Nc1ccc(S(=O)[O-])cc1)c1ccccc1. The van der Waals surface area contributed by atoms with Crippen molar-refractivity contribution in [3.63, 3.8) is 0 Å². The van der Waals surface area contributed by atoms with E-state index in [4.69, 9.17) is 0 Å². The minimum absolute atomic E-state index is 0.188. The normalized spacial score (nSPS) is 11.8. The first-order valence-electron chi connectivity index (χ1n) is 5.22. The molecular formula is C13H10NO3S-. The molecule has 1 atom stereocenters. The third-order valence-electron chi connectivity index (χ3n) is 2.34. The summed E-state index contributed by atoms with van der Waals surface area (Å²) in [4.78, 5) is 12.0. The van der Waals surface area contributed by atoms with Crippen molar-refractivity contribution in [2.45, 2.75) is 4.90 Å².